The molecule has 1 aromatic heterocycles. The molecule has 6 nitrogen and oxygen atoms in total. The Balaban J connectivity index is 1.80. The van der Waals surface area contributed by atoms with E-state index in [0.717, 1.165) is 31.9 Å². The fourth-order valence-corrected chi connectivity index (χ4v) is 2.90. The number of tetrazole rings is 1. The van der Waals surface area contributed by atoms with Crippen molar-refractivity contribution in [3.8, 4) is 0 Å². The first-order valence-corrected chi connectivity index (χ1v) is 7.51. The summed E-state index contributed by atoms with van der Waals surface area (Å²) in [6.07, 6.45) is 1.13. The Bertz CT molecular complexity index is 567. The molecule has 112 valence electrons. The van der Waals surface area contributed by atoms with Crippen molar-refractivity contribution in [1.29, 1.82) is 0 Å². The summed E-state index contributed by atoms with van der Waals surface area (Å²) in [5.41, 5.74) is 1.34. The molecule has 1 aromatic carbocycles. The topological polar surface area (TPSA) is 58.9 Å². The van der Waals surface area contributed by atoms with Gasteiger partial charge in [0.2, 0.25) is 0 Å². The summed E-state index contributed by atoms with van der Waals surface area (Å²) < 4.78 is 0. The standard InChI is InChI=1S/C15H22N6/c1-3-13-10-21(11-15-17-19-20(2)18-15)14(9-16-13)12-7-5-4-6-8-12/h4-8,13-14,16H,3,9-11H2,1-2H3. The van der Waals surface area contributed by atoms with Gasteiger partial charge >= 0.3 is 0 Å². The second kappa shape index (κ2) is 6.32. The highest BCUT2D eigenvalue weighted by Gasteiger charge is 2.29. The van der Waals surface area contributed by atoms with Crippen LogP contribution in [0.5, 0.6) is 0 Å². The lowest BCUT2D eigenvalue weighted by atomic mass is 10.00. The third-order valence-electron chi connectivity index (χ3n) is 4.07. The first kappa shape index (κ1) is 14.2. The van der Waals surface area contributed by atoms with Gasteiger partial charge in [-0.25, -0.2) is 0 Å². The van der Waals surface area contributed by atoms with Gasteiger partial charge in [-0.15, -0.1) is 10.2 Å². The van der Waals surface area contributed by atoms with E-state index < -0.39 is 0 Å². The van der Waals surface area contributed by atoms with Crippen LogP contribution in [0.15, 0.2) is 30.3 Å². The minimum atomic E-state index is 0.359. The molecule has 2 unspecified atom stereocenters. The molecule has 3 rings (SSSR count). The zero-order chi connectivity index (χ0) is 14.7. The lowest BCUT2D eigenvalue weighted by Crippen LogP contribution is -2.51. The number of aromatic nitrogens is 4. The van der Waals surface area contributed by atoms with Crippen LogP contribution in [0.2, 0.25) is 0 Å². The molecule has 21 heavy (non-hydrogen) atoms. The van der Waals surface area contributed by atoms with Crippen molar-refractivity contribution in [2.24, 2.45) is 7.05 Å². The Kier molecular flexibility index (Phi) is 4.26. The van der Waals surface area contributed by atoms with E-state index in [2.05, 4.69) is 62.9 Å². The summed E-state index contributed by atoms with van der Waals surface area (Å²) in [5, 5.41) is 16.0. The van der Waals surface area contributed by atoms with Gasteiger partial charge in [0.15, 0.2) is 5.82 Å². The monoisotopic (exact) mass is 286 g/mol. The van der Waals surface area contributed by atoms with Crippen LogP contribution in [-0.4, -0.2) is 44.2 Å². The largest absolute Gasteiger partial charge is 0.311 e. The normalized spacial score (nSPS) is 23.3. The second-order valence-electron chi connectivity index (χ2n) is 5.56. The van der Waals surface area contributed by atoms with Crippen LogP contribution in [0.4, 0.5) is 0 Å². The summed E-state index contributed by atoms with van der Waals surface area (Å²) in [4.78, 5) is 3.98. The molecule has 0 amide bonds. The molecule has 1 fully saturated rings. The highest BCUT2D eigenvalue weighted by atomic mass is 15.6. The van der Waals surface area contributed by atoms with E-state index in [1.807, 2.05) is 0 Å². The summed E-state index contributed by atoms with van der Waals surface area (Å²) in [5.74, 6) is 0.787. The van der Waals surface area contributed by atoms with E-state index >= 15 is 0 Å². The predicted octanol–water partition coefficient (Wildman–Crippen LogP) is 1.14. The summed E-state index contributed by atoms with van der Waals surface area (Å²) >= 11 is 0. The van der Waals surface area contributed by atoms with Crippen LogP contribution >= 0.6 is 0 Å². The molecule has 0 saturated carbocycles. The Morgan fingerprint density at radius 1 is 1.29 bits per heavy atom. The Morgan fingerprint density at radius 3 is 2.76 bits per heavy atom. The SMILES string of the molecule is CCC1CN(Cc2nnn(C)n2)C(c2ccccc2)CN1. The highest BCUT2D eigenvalue weighted by Crippen LogP contribution is 2.25. The number of benzene rings is 1. The van der Waals surface area contributed by atoms with Crippen LogP contribution in [0, 0.1) is 0 Å². The lowest BCUT2D eigenvalue weighted by Gasteiger charge is -2.40. The maximum absolute atomic E-state index is 4.32. The van der Waals surface area contributed by atoms with Crippen molar-refractivity contribution in [3.05, 3.63) is 41.7 Å². The van der Waals surface area contributed by atoms with E-state index in [0.29, 0.717) is 12.1 Å². The number of hydrogen-bond donors (Lipinski definition) is 1. The Hall–Kier alpha value is -1.79. The molecule has 1 saturated heterocycles. The summed E-state index contributed by atoms with van der Waals surface area (Å²) in [6, 6.07) is 11.5. The van der Waals surface area contributed by atoms with Gasteiger partial charge in [0.25, 0.3) is 0 Å². The van der Waals surface area contributed by atoms with Crippen LogP contribution in [0.1, 0.15) is 30.8 Å². The molecule has 0 radical (unpaired) electrons. The number of aryl methyl sites for hydroxylation is 1. The van der Waals surface area contributed by atoms with Crippen molar-refractivity contribution in [2.75, 3.05) is 13.1 Å². The van der Waals surface area contributed by atoms with Gasteiger partial charge in [0, 0.05) is 25.2 Å². The average Bonchev–Trinajstić information content (AvgIpc) is 2.93. The van der Waals surface area contributed by atoms with Crippen LogP contribution < -0.4 is 5.32 Å². The molecule has 2 aromatic rings. The van der Waals surface area contributed by atoms with Crippen LogP contribution in [0.25, 0.3) is 0 Å². The van der Waals surface area contributed by atoms with Crippen molar-refractivity contribution in [3.63, 3.8) is 0 Å². The number of hydrogen-bond acceptors (Lipinski definition) is 5. The van der Waals surface area contributed by atoms with E-state index in [4.69, 9.17) is 0 Å². The van der Waals surface area contributed by atoms with Gasteiger partial charge in [-0.05, 0) is 17.2 Å². The van der Waals surface area contributed by atoms with Gasteiger partial charge in [0.05, 0.1) is 13.6 Å². The second-order valence-corrected chi connectivity index (χ2v) is 5.56. The van der Waals surface area contributed by atoms with Gasteiger partial charge in [-0.1, -0.05) is 37.3 Å². The molecule has 0 bridgehead atoms. The molecule has 1 N–H and O–H groups in total. The zero-order valence-corrected chi connectivity index (χ0v) is 12.6. The van der Waals surface area contributed by atoms with Crippen molar-refractivity contribution in [2.45, 2.75) is 32.0 Å². The van der Waals surface area contributed by atoms with E-state index in [1.54, 1.807) is 7.05 Å². The minimum absolute atomic E-state index is 0.359. The Labute approximate surface area is 125 Å². The minimum Gasteiger partial charge on any atom is -0.311 e. The van der Waals surface area contributed by atoms with E-state index in [-0.39, 0.29) is 0 Å². The molecule has 2 heterocycles. The van der Waals surface area contributed by atoms with Crippen LogP contribution in [-0.2, 0) is 13.6 Å². The third-order valence-corrected chi connectivity index (χ3v) is 4.07. The van der Waals surface area contributed by atoms with Gasteiger partial charge in [0.1, 0.15) is 0 Å². The van der Waals surface area contributed by atoms with Crippen molar-refractivity contribution >= 4 is 0 Å². The molecule has 1 aliphatic heterocycles. The quantitative estimate of drug-likeness (QED) is 0.913. The summed E-state index contributed by atoms with van der Waals surface area (Å²) in [6.45, 7) is 4.93. The average molecular weight is 286 g/mol. The van der Waals surface area contributed by atoms with E-state index in [1.165, 1.54) is 10.4 Å². The molecule has 0 spiro atoms. The molecular weight excluding hydrogens is 264 g/mol. The molecule has 6 heteroatoms. The first-order valence-electron chi connectivity index (χ1n) is 7.51. The van der Waals surface area contributed by atoms with Gasteiger partial charge in [-0.2, -0.15) is 4.80 Å². The number of nitrogens with one attached hydrogen (secondary N) is 1. The Morgan fingerprint density at radius 2 is 2.10 bits per heavy atom. The summed E-state index contributed by atoms with van der Waals surface area (Å²) in [7, 11) is 1.80. The molecule has 0 aliphatic carbocycles. The molecule has 1 aliphatic rings. The number of nitrogens with zero attached hydrogens (tertiary/aromatic N) is 5. The third kappa shape index (κ3) is 3.28. The molecule has 2 atom stereocenters. The lowest BCUT2D eigenvalue weighted by molar-refractivity contribution is 0.117. The zero-order valence-electron chi connectivity index (χ0n) is 12.6. The van der Waals surface area contributed by atoms with E-state index in [9.17, 15) is 0 Å². The van der Waals surface area contributed by atoms with Crippen molar-refractivity contribution < 1.29 is 0 Å². The molecular formula is C15H22N6. The fraction of sp³-hybridized carbons (Fsp3) is 0.533. The first-order chi connectivity index (χ1) is 10.3. The maximum atomic E-state index is 4.32. The smallest absolute Gasteiger partial charge is 0.188 e. The number of piperazine rings is 1. The number of rotatable bonds is 4. The maximum Gasteiger partial charge on any atom is 0.188 e. The van der Waals surface area contributed by atoms with Gasteiger partial charge in [-0.3, -0.25) is 4.90 Å². The van der Waals surface area contributed by atoms with Crippen molar-refractivity contribution in [1.82, 2.24) is 30.4 Å². The highest BCUT2D eigenvalue weighted by molar-refractivity contribution is 5.20. The fourth-order valence-electron chi connectivity index (χ4n) is 2.90. The van der Waals surface area contributed by atoms with Crippen LogP contribution in [0.3, 0.4) is 0 Å². The van der Waals surface area contributed by atoms with Gasteiger partial charge < -0.3 is 5.32 Å². The predicted molar refractivity (Wildman–Crippen MR) is 80.5 cm³/mol.